The first-order chi connectivity index (χ1) is 13.5. The fourth-order valence-electron chi connectivity index (χ4n) is 2.69. The number of anilines is 3. The minimum atomic E-state index is -1.02. The van der Waals surface area contributed by atoms with E-state index in [1.54, 1.807) is 41.8 Å². The molecule has 0 saturated heterocycles. The number of thiazole rings is 1. The highest BCUT2D eigenvalue weighted by atomic mass is 32.1. The van der Waals surface area contributed by atoms with Crippen LogP contribution in [-0.2, 0) is 4.74 Å². The summed E-state index contributed by atoms with van der Waals surface area (Å²) in [4.78, 5) is 26.9. The molecule has 28 heavy (non-hydrogen) atoms. The predicted molar refractivity (Wildman–Crippen MR) is 110 cm³/mol. The van der Waals surface area contributed by atoms with E-state index in [1.165, 1.54) is 12.0 Å². The average molecular weight is 399 g/mol. The third-order valence-electron chi connectivity index (χ3n) is 3.98. The Morgan fingerprint density at radius 2 is 1.96 bits per heavy atom. The van der Waals surface area contributed by atoms with Crippen LogP contribution in [0.15, 0.2) is 36.5 Å². The van der Waals surface area contributed by atoms with Gasteiger partial charge in [-0.25, -0.2) is 19.7 Å². The molecule has 8 nitrogen and oxygen atoms in total. The van der Waals surface area contributed by atoms with Crippen LogP contribution >= 0.6 is 11.3 Å². The Balaban J connectivity index is 1.76. The molecule has 2 heterocycles. The van der Waals surface area contributed by atoms with E-state index >= 15 is 0 Å². The van der Waals surface area contributed by atoms with E-state index in [0.717, 1.165) is 27.0 Å². The number of nitrogens with zero attached hydrogens (tertiary/aromatic N) is 4. The fraction of sp³-hybridized carbons (Fsp3) is 0.263. The lowest BCUT2D eigenvalue weighted by Crippen LogP contribution is -2.32. The van der Waals surface area contributed by atoms with E-state index in [-0.39, 0.29) is 6.54 Å². The van der Waals surface area contributed by atoms with Crippen LogP contribution in [-0.4, -0.2) is 46.4 Å². The minimum Gasteiger partial charge on any atom is -0.465 e. The van der Waals surface area contributed by atoms with Gasteiger partial charge in [0.1, 0.15) is 0 Å². The first kappa shape index (κ1) is 19.7. The molecule has 3 aromatic rings. The Morgan fingerprint density at radius 3 is 2.57 bits per heavy atom. The highest BCUT2D eigenvalue weighted by Crippen LogP contribution is 2.29. The lowest BCUT2D eigenvalue weighted by molar-refractivity contribution is 0.186. The fourth-order valence-corrected chi connectivity index (χ4v) is 3.58. The molecule has 0 spiro atoms. The van der Waals surface area contributed by atoms with Crippen molar-refractivity contribution in [3.8, 4) is 10.6 Å². The van der Waals surface area contributed by atoms with E-state index in [4.69, 9.17) is 4.74 Å². The smallest absolute Gasteiger partial charge is 0.411 e. The molecule has 9 heteroatoms. The number of hydrogen-bond donors (Lipinski definition) is 2. The molecular weight excluding hydrogens is 378 g/mol. The van der Waals surface area contributed by atoms with Crippen LogP contribution in [0.25, 0.3) is 10.6 Å². The molecule has 1 amide bonds. The van der Waals surface area contributed by atoms with Crippen molar-refractivity contribution in [3.05, 3.63) is 47.2 Å². The molecule has 0 bridgehead atoms. The SMILES string of the molecule is COCCN(C(=O)O)c1ccc(Nc2nccc(-c3sc(C)nc3C)n2)cc1. The van der Waals surface area contributed by atoms with Crippen molar-refractivity contribution in [2.24, 2.45) is 0 Å². The van der Waals surface area contributed by atoms with Gasteiger partial charge >= 0.3 is 6.09 Å². The van der Waals surface area contributed by atoms with Crippen molar-refractivity contribution in [2.75, 3.05) is 30.5 Å². The van der Waals surface area contributed by atoms with Gasteiger partial charge < -0.3 is 15.2 Å². The van der Waals surface area contributed by atoms with Gasteiger partial charge in [0.25, 0.3) is 0 Å². The van der Waals surface area contributed by atoms with E-state index in [1.807, 2.05) is 19.9 Å². The summed E-state index contributed by atoms with van der Waals surface area (Å²) in [5.74, 6) is 0.463. The number of nitrogens with one attached hydrogen (secondary N) is 1. The maximum atomic E-state index is 11.4. The van der Waals surface area contributed by atoms with Crippen molar-refractivity contribution in [1.29, 1.82) is 0 Å². The van der Waals surface area contributed by atoms with Gasteiger partial charge in [-0.15, -0.1) is 11.3 Å². The second-order valence-corrected chi connectivity index (χ2v) is 7.21. The number of aromatic nitrogens is 3. The van der Waals surface area contributed by atoms with Gasteiger partial charge in [0, 0.05) is 24.7 Å². The van der Waals surface area contributed by atoms with Gasteiger partial charge in [0.15, 0.2) is 0 Å². The van der Waals surface area contributed by atoms with Crippen LogP contribution in [0.3, 0.4) is 0 Å². The lowest BCUT2D eigenvalue weighted by atomic mass is 10.2. The maximum Gasteiger partial charge on any atom is 0.411 e. The first-order valence-electron chi connectivity index (χ1n) is 8.62. The Morgan fingerprint density at radius 1 is 1.21 bits per heavy atom. The van der Waals surface area contributed by atoms with Gasteiger partial charge in [-0.2, -0.15) is 0 Å². The zero-order valence-electron chi connectivity index (χ0n) is 15.8. The molecule has 0 aliphatic heterocycles. The summed E-state index contributed by atoms with van der Waals surface area (Å²) >= 11 is 1.60. The summed E-state index contributed by atoms with van der Waals surface area (Å²) in [5, 5.41) is 13.5. The third kappa shape index (κ3) is 4.62. The topological polar surface area (TPSA) is 100 Å². The summed E-state index contributed by atoms with van der Waals surface area (Å²) in [6.45, 7) is 4.52. The summed E-state index contributed by atoms with van der Waals surface area (Å²) in [6.07, 6.45) is 0.675. The molecule has 2 N–H and O–H groups in total. The average Bonchev–Trinajstić information content (AvgIpc) is 3.01. The first-order valence-corrected chi connectivity index (χ1v) is 9.43. The number of carboxylic acid groups (broad SMARTS) is 1. The minimum absolute atomic E-state index is 0.261. The molecule has 1 aromatic carbocycles. The van der Waals surface area contributed by atoms with Gasteiger partial charge in [-0.3, -0.25) is 4.90 Å². The van der Waals surface area contributed by atoms with Gasteiger partial charge in [0.05, 0.1) is 34.4 Å². The Hall–Kier alpha value is -3.04. The summed E-state index contributed by atoms with van der Waals surface area (Å²) in [7, 11) is 1.54. The second kappa shape index (κ2) is 8.77. The number of aryl methyl sites for hydroxylation is 2. The van der Waals surface area contributed by atoms with Crippen molar-refractivity contribution >= 4 is 34.8 Å². The Labute approximate surface area is 166 Å². The van der Waals surface area contributed by atoms with E-state index in [2.05, 4.69) is 20.3 Å². The standard InChI is InChI=1S/C19H21N5O3S/c1-12-17(28-13(2)21-12)16-8-9-20-18(23-16)22-14-4-6-15(7-5-14)24(19(25)26)10-11-27-3/h4-9H,10-11H2,1-3H3,(H,25,26)(H,20,22,23). The van der Waals surface area contributed by atoms with Gasteiger partial charge in [-0.05, 0) is 44.2 Å². The number of ether oxygens (including phenoxy) is 1. The van der Waals surface area contributed by atoms with Crippen LogP contribution in [0.5, 0.6) is 0 Å². The third-order valence-corrected chi connectivity index (χ3v) is 5.07. The van der Waals surface area contributed by atoms with E-state index in [9.17, 15) is 9.90 Å². The molecular formula is C19H21N5O3S. The number of hydrogen-bond acceptors (Lipinski definition) is 7. The number of carbonyl (C=O) groups is 1. The van der Waals surface area contributed by atoms with E-state index in [0.29, 0.717) is 18.2 Å². The number of benzene rings is 1. The van der Waals surface area contributed by atoms with Crippen molar-refractivity contribution < 1.29 is 14.6 Å². The van der Waals surface area contributed by atoms with Gasteiger partial charge in [-0.1, -0.05) is 0 Å². The van der Waals surface area contributed by atoms with Crippen LogP contribution in [0, 0.1) is 13.8 Å². The van der Waals surface area contributed by atoms with Crippen LogP contribution in [0.2, 0.25) is 0 Å². The van der Waals surface area contributed by atoms with Crippen LogP contribution < -0.4 is 10.2 Å². The molecule has 0 saturated carbocycles. The van der Waals surface area contributed by atoms with Crippen LogP contribution in [0.4, 0.5) is 22.1 Å². The molecule has 0 aliphatic rings. The molecule has 2 aromatic heterocycles. The number of rotatable bonds is 7. The highest BCUT2D eigenvalue weighted by molar-refractivity contribution is 7.15. The normalized spacial score (nSPS) is 10.7. The molecule has 0 radical (unpaired) electrons. The summed E-state index contributed by atoms with van der Waals surface area (Å²) in [5.41, 5.74) is 3.09. The number of amides is 1. The Kier molecular flexibility index (Phi) is 6.17. The lowest BCUT2D eigenvalue weighted by Gasteiger charge is -2.19. The largest absolute Gasteiger partial charge is 0.465 e. The Bertz CT molecular complexity index is 958. The zero-order valence-corrected chi connectivity index (χ0v) is 16.7. The summed E-state index contributed by atoms with van der Waals surface area (Å²) < 4.78 is 4.97. The highest BCUT2D eigenvalue weighted by Gasteiger charge is 2.14. The van der Waals surface area contributed by atoms with Crippen molar-refractivity contribution in [2.45, 2.75) is 13.8 Å². The van der Waals surface area contributed by atoms with Crippen molar-refractivity contribution in [1.82, 2.24) is 15.0 Å². The molecule has 0 unspecified atom stereocenters. The number of methoxy groups -OCH3 is 1. The van der Waals surface area contributed by atoms with Gasteiger partial charge in [0.2, 0.25) is 5.95 Å². The van der Waals surface area contributed by atoms with Crippen molar-refractivity contribution in [3.63, 3.8) is 0 Å². The molecule has 146 valence electrons. The molecule has 0 atom stereocenters. The molecule has 0 aliphatic carbocycles. The van der Waals surface area contributed by atoms with Crippen LogP contribution in [0.1, 0.15) is 10.7 Å². The van der Waals surface area contributed by atoms with E-state index < -0.39 is 6.09 Å². The second-order valence-electron chi connectivity index (χ2n) is 6.01. The molecule has 0 fully saturated rings. The predicted octanol–water partition coefficient (Wildman–Crippen LogP) is 4.09. The maximum absolute atomic E-state index is 11.4. The molecule has 3 rings (SSSR count). The quantitative estimate of drug-likeness (QED) is 0.617. The zero-order chi connectivity index (χ0) is 20.1. The monoisotopic (exact) mass is 399 g/mol. The summed E-state index contributed by atoms with van der Waals surface area (Å²) in [6, 6.07) is 8.89.